The number of halogens is 1. The first-order valence-electron chi connectivity index (χ1n) is 9.30. The molecule has 0 radical (unpaired) electrons. The monoisotopic (exact) mass is 408 g/mol. The lowest BCUT2D eigenvalue weighted by Crippen LogP contribution is -2.48. The lowest BCUT2D eigenvalue weighted by molar-refractivity contribution is -0.126. The number of nitrogens with zero attached hydrogens (tertiary/aromatic N) is 3. The van der Waals surface area contributed by atoms with Gasteiger partial charge >= 0.3 is 0 Å². The second-order valence-corrected chi connectivity index (χ2v) is 7.01. The summed E-state index contributed by atoms with van der Waals surface area (Å²) in [6.07, 6.45) is 3.23. The second kappa shape index (κ2) is 9.76. The van der Waals surface area contributed by atoms with E-state index in [0.29, 0.717) is 36.9 Å². The van der Waals surface area contributed by atoms with Crippen LogP contribution in [0, 0.1) is 11.3 Å². The van der Waals surface area contributed by atoms with Crippen LogP contribution in [0.15, 0.2) is 54.6 Å². The molecule has 1 N–H and O–H groups in total. The van der Waals surface area contributed by atoms with Gasteiger partial charge in [0.1, 0.15) is 6.42 Å². The highest BCUT2D eigenvalue weighted by Gasteiger charge is 2.21. The third-order valence-corrected chi connectivity index (χ3v) is 4.92. The summed E-state index contributed by atoms with van der Waals surface area (Å²) in [5.74, 6) is -0.373. The lowest BCUT2D eigenvalue weighted by atomic mass is 10.2. The minimum absolute atomic E-state index is 0.00449. The summed E-state index contributed by atoms with van der Waals surface area (Å²) >= 11 is 6.39. The summed E-state index contributed by atoms with van der Waals surface area (Å²) in [5.41, 5.74) is 2.41. The average Bonchev–Trinajstić information content (AvgIpc) is 2.73. The maximum atomic E-state index is 12.4. The Bertz CT molecular complexity index is 945. The Hall–Kier alpha value is -3.30. The number of nitrogens with one attached hydrogen (secondary N) is 1. The summed E-state index contributed by atoms with van der Waals surface area (Å²) in [5, 5.41) is 11.7. The summed E-state index contributed by atoms with van der Waals surface area (Å²) in [6.45, 7) is 2.56. The average molecular weight is 409 g/mol. The van der Waals surface area contributed by atoms with Crippen molar-refractivity contribution in [2.24, 2.45) is 0 Å². The lowest BCUT2D eigenvalue weighted by Gasteiger charge is -2.36. The molecule has 0 unspecified atom stereocenters. The molecular formula is C22H21ClN4O2. The Morgan fingerprint density at radius 1 is 1.10 bits per heavy atom. The van der Waals surface area contributed by atoms with Gasteiger partial charge in [0.25, 0.3) is 0 Å². The van der Waals surface area contributed by atoms with E-state index in [1.165, 1.54) is 0 Å². The molecule has 29 heavy (non-hydrogen) atoms. The van der Waals surface area contributed by atoms with Gasteiger partial charge < -0.3 is 15.1 Å². The van der Waals surface area contributed by atoms with Crippen molar-refractivity contribution in [1.29, 1.82) is 5.26 Å². The third-order valence-electron chi connectivity index (χ3n) is 4.62. The standard InChI is InChI=1S/C22H21ClN4O2/c23-19-16-18(25-21(28)10-11-24)7-8-20(19)26-12-14-27(15-13-26)22(29)9-6-17-4-2-1-3-5-17/h1-9,16H,10,12-15H2,(H,25,28). The smallest absolute Gasteiger partial charge is 0.246 e. The normalized spacial score (nSPS) is 13.9. The van der Waals surface area contributed by atoms with E-state index in [-0.39, 0.29) is 18.2 Å². The van der Waals surface area contributed by atoms with Gasteiger partial charge in [0.15, 0.2) is 0 Å². The number of benzene rings is 2. The Kier molecular flexibility index (Phi) is 6.88. The van der Waals surface area contributed by atoms with E-state index in [4.69, 9.17) is 16.9 Å². The van der Waals surface area contributed by atoms with Crippen molar-refractivity contribution in [2.75, 3.05) is 36.4 Å². The molecule has 0 spiro atoms. The number of piperazine rings is 1. The summed E-state index contributed by atoms with van der Waals surface area (Å²) in [6, 6.07) is 16.8. The minimum Gasteiger partial charge on any atom is -0.367 e. The maximum Gasteiger partial charge on any atom is 0.246 e. The predicted octanol–water partition coefficient (Wildman–Crippen LogP) is 3.55. The molecule has 1 aliphatic heterocycles. The second-order valence-electron chi connectivity index (χ2n) is 6.61. The topological polar surface area (TPSA) is 76.4 Å². The molecule has 6 nitrogen and oxygen atoms in total. The fraction of sp³-hybridized carbons (Fsp3) is 0.227. The molecule has 148 valence electrons. The summed E-state index contributed by atoms with van der Waals surface area (Å²) in [7, 11) is 0. The quantitative estimate of drug-likeness (QED) is 0.767. The van der Waals surface area contributed by atoms with Gasteiger partial charge in [-0.3, -0.25) is 9.59 Å². The number of amides is 2. The number of anilines is 2. The van der Waals surface area contributed by atoms with Crippen LogP contribution < -0.4 is 10.2 Å². The number of rotatable bonds is 5. The first-order chi connectivity index (χ1) is 14.1. The summed E-state index contributed by atoms with van der Waals surface area (Å²) < 4.78 is 0. The highest BCUT2D eigenvalue weighted by Crippen LogP contribution is 2.29. The van der Waals surface area contributed by atoms with Gasteiger partial charge in [-0.05, 0) is 29.8 Å². The van der Waals surface area contributed by atoms with Crippen LogP contribution in [-0.2, 0) is 9.59 Å². The van der Waals surface area contributed by atoms with E-state index in [2.05, 4.69) is 10.2 Å². The number of hydrogen-bond acceptors (Lipinski definition) is 4. The van der Waals surface area contributed by atoms with Gasteiger partial charge in [-0.2, -0.15) is 5.26 Å². The molecule has 0 aliphatic carbocycles. The van der Waals surface area contributed by atoms with Crippen molar-refractivity contribution in [3.63, 3.8) is 0 Å². The van der Waals surface area contributed by atoms with Crippen LogP contribution in [0.25, 0.3) is 6.08 Å². The summed E-state index contributed by atoms with van der Waals surface area (Å²) in [4.78, 5) is 27.9. The Balaban J connectivity index is 1.56. The predicted molar refractivity (Wildman–Crippen MR) is 115 cm³/mol. The number of carbonyl (C=O) groups excluding carboxylic acids is 2. The Morgan fingerprint density at radius 3 is 2.48 bits per heavy atom. The van der Waals surface area contributed by atoms with Crippen molar-refractivity contribution in [1.82, 2.24) is 4.90 Å². The fourth-order valence-corrected chi connectivity index (χ4v) is 3.42. The molecule has 2 aromatic carbocycles. The molecule has 0 aromatic heterocycles. The Labute approximate surface area is 175 Å². The molecule has 1 aliphatic rings. The van der Waals surface area contributed by atoms with Gasteiger partial charge in [0.05, 0.1) is 16.8 Å². The van der Waals surface area contributed by atoms with Gasteiger partial charge in [0.2, 0.25) is 11.8 Å². The molecule has 7 heteroatoms. The molecule has 0 bridgehead atoms. The first-order valence-corrected chi connectivity index (χ1v) is 9.68. The van der Waals surface area contributed by atoms with E-state index in [1.54, 1.807) is 24.3 Å². The maximum absolute atomic E-state index is 12.4. The molecule has 0 atom stereocenters. The highest BCUT2D eigenvalue weighted by molar-refractivity contribution is 6.33. The molecule has 2 amide bonds. The molecule has 2 aromatic rings. The van der Waals surface area contributed by atoms with Crippen molar-refractivity contribution in [3.8, 4) is 6.07 Å². The van der Waals surface area contributed by atoms with Crippen LogP contribution in [0.3, 0.4) is 0 Å². The zero-order valence-corrected chi connectivity index (χ0v) is 16.6. The molecular weight excluding hydrogens is 388 g/mol. The number of nitriles is 1. The van der Waals surface area contributed by atoms with Gasteiger partial charge in [-0.15, -0.1) is 0 Å². The highest BCUT2D eigenvalue weighted by atomic mass is 35.5. The molecule has 1 fully saturated rings. The van der Waals surface area contributed by atoms with Crippen molar-refractivity contribution < 1.29 is 9.59 Å². The fourth-order valence-electron chi connectivity index (χ4n) is 3.12. The SMILES string of the molecule is N#CCC(=O)Nc1ccc(N2CCN(C(=O)C=Cc3ccccc3)CC2)c(Cl)c1. The molecule has 1 saturated heterocycles. The van der Waals surface area contributed by atoms with Crippen LogP contribution in [0.1, 0.15) is 12.0 Å². The van der Waals surface area contributed by atoms with Crippen LogP contribution >= 0.6 is 11.6 Å². The van der Waals surface area contributed by atoms with Gasteiger partial charge in [-0.1, -0.05) is 41.9 Å². The third kappa shape index (κ3) is 5.59. The van der Waals surface area contributed by atoms with E-state index in [0.717, 1.165) is 11.3 Å². The van der Waals surface area contributed by atoms with Gasteiger partial charge in [0, 0.05) is 37.9 Å². The molecule has 0 saturated carbocycles. The van der Waals surface area contributed by atoms with E-state index in [9.17, 15) is 9.59 Å². The van der Waals surface area contributed by atoms with Crippen molar-refractivity contribution >= 4 is 40.9 Å². The van der Waals surface area contributed by atoms with Crippen molar-refractivity contribution in [3.05, 3.63) is 65.2 Å². The van der Waals surface area contributed by atoms with Crippen LogP contribution in [0.4, 0.5) is 11.4 Å². The van der Waals surface area contributed by atoms with Crippen LogP contribution in [0.5, 0.6) is 0 Å². The van der Waals surface area contributed by atoms with Crippen LogP contribution in [-0.4, -0.2) is 42.9 Å². The van der Waals surface area contributed by atoms with E-state index in [1.807, 2.05) is 47.4 Å². The largest absolute Gasteiger partial charge is 0.367 e. The zero-order valence-electron chi connectivity index (χ0n) is 15.8. The Morgan fingerprint density at radius 2 is 1.83 bits per heavy atom. The number of hydrogen-bond donors (Lipinski definition) is 1. The van der Waals surface area contributed by atoms with E-state index >= 15 is 0 Å². The molecule has 3 rings (SSSR count). The zero-order chi connectivity index (χ0) is 20.6. The van der Waals surface area contributed by atoms with E-state index < -0.39 is 0 Å². The number of carbonyl (C=O) groups is 2. The molecule has 1 heterocycles. The first kappa shape index (κ1) is 20.4. The van der Waals surface area contributed by atoms with Gasteiger partial charge in [-0.25, -0.2) is 0 Å². The minimum atomic E-state index is -0.369. The van der Waals surface area contributed by atoms with Crippen molar-refractivity contribution in [2.45, 2.75) is 6.42 Å². The van der Waals surface area contributed by atoms with Crippen LogP contribution in [0.2, 0.25) is 5.02 Å².